The summed E-state index contributed by atoms with van der Waals surface area (Å²) >= 11 is 0. The third-order valence-corrected chi connectivity index (χ3v) is 11.1. The highest BCUT2D eigenvalue weighted by Crippen LogP contribution is 2.52. The highest BCUT2D eigenvalue weighted by atomic mass is 16.5. The highest BCUT2D eigenvalue weighted by Gasteiger charge is 2.44. The van der Waals surface area contributed by atoms with Gasteiger partial charge in [0, 0.05) is 34.9 Å². The fourth-order valence-electron chi connectivity index (χ4n) is 8.53. The third-order valence-electron chi connectivity index (χ3n) is 11.1. The number of hydrogen-bond donors (Lipinski definition) is 7. The smallest absolute Gasteiger partial charge is 0.201 e. The van der Waals surface area contributed by atoms with E-state index < -0.39 is 30.3 Å². The molecule has 1 saturated carbocycles. The van der Waals surface area contributed by atoms with E-state index in [9.17, 15) is 30.6 Å². The second kappa shape index (κ2) is 14.9. The van der Waals surface area contributed by atoms with E-state index in [1.54, 1.807) is 18.5 Å². The molecule has 1 aromatic heterocycles. The summed E-state index contributed by atoms with van der Waals surface area (Å²) in [5.41, 5.74) is 5.01. The maximum Gasteiger partial charge on any atom is 0.201 e. The summed E-state index contributed by atoms with van der Waals surface area (Å²) < 4.78 is 12.4. The van der Waals surface area contributed by atoms with Gasteiger partial charge < -0.3 is 50.4 Å². The van der Waals surface area contributed by atoms with E-state index in [-0.39, 0.29) is 53.9 Å². The number of allylic oxidation sites excluding steroid dienone is 1. The van der Waals surface area contributed by atoms with Gasteiger partial charge in [-0.1, -0.05) is 29.8 Å². The van der Waals surface area contributed by atoms with Crippen molar-refractivity contribution in [3.05, 3.63) is 81.7 Å². The van der Waals surface area contributed by atoms with E-state index in [0.717, 1.165) is 60.9 Å². The summed E-state index contributed by atoms with van der Waals surface area (Å²) in [6, 6.07) is 7.70. The molecule has 6 rings (SSSR count). The van der Waals surface area contributed by atoms with Crippen molar-refractivity contribution in [2.75, 3.05) is 27.3 Å². The van der Waals surface area contributed by atoms with Crippen LogP contribution in [0.1, 0.15) is 96.3 Å². The fraction of sp³-hybridized carbons (Fsp3) is 0.526. The van der Waals surface area contributed by atoms with Crippen LogP contribution in [0.3, 0.4) is 0 Å². The second-order valence-electron chi connectivity index (χ2n) is 13.8. The molecule has 7 unspecified atom stereocenters. The van der Waals surface area contributed by atoms with Crippen molar-refractivity contribution >= 4 is 0 Å². The number of aromatic hydroxyl groups is 3. The molecule has 7 atom stereocenters. The number of phenols is 3. The molecule has 1 saturated heterocycles. The summed E-state index contributed by atoms with van der Waals surface area (Å²) in [7, 11) is 3.37. The molecule has 10 heteroatoms. The minimum absolute atomic E-state index is 0.0366. The van der Waals surface area contributed by atoms with Crippen LogP contribution in [0.2, 0.25) is 0 Å². The molecule has 3 aliphatic rings. The van der Waals surface area contributed by atoms with Crippen LogP contribution in [0.4, 0.5) is 0 Å². The van der Waals surface area contributed by atoms with Crippen LogP contribution in [0.5, 0.6) is 23.0 Å². The number of ether oxygens (including phenoxy) is 2. The van der Waals surface area contributed by atoms with Crippen molar-refractivity contribution in [2.24, 2.45) is 11.8 Å². The number of aromatic nitrogens is 1. The van der Waals surface area contributed by atoms with Crippen molar-refractivity contribution in [3.63, 3.8) is 0 Å². The first-order valence-corrected chi connectivity index (χ1v) is 17.2. The summed E-state index contributed by atoms with van der Waals surface area (Å²) in [5, 5.41) is 68.2. The van der Waals surface area contributed by atoms with Crippen LogP contribution in [0.15, 0.2) is 48.3 Å². The Bertz CT molecular complexity index is 1590. The van der Waals surface area contributed by atoms with Gasteiger partial charge in [0.25, 0.3) is 0 Å². The Morgan fingerprint density at radius 3 is 2.54 bits per heavy atom. The quantitative estimate of drug-likeness (QED) is 0.114. The van der Waals surface area contributed by atoms with Crippen LogP contribution < -0.4 is 15.0 Å². The summed E-state index contributed by atoms with van der Waals surface area (Å²) in [6.45, 7) is 0.353. The van der Waals surface area contributed by atoms with E-state index in [1.165, 1.54) is 7.11 Å². The van der Waals surface area contributed by atoms with Gasteiger partial charge in [0.1, 0.15) is 5.75 Å². The lowest BCUT2D eigenvalue weighted by atomic mass is 9.70. The molecule has 2 aliphatic carbocycles. The topological polar surface area (TPSA) is 166 Å². The molecular weight excluding hydrogens is 612 g/mol. The van der Waals surface area contributed by atoms with Crippen molar-refractivity contribution in [3.8, 4) is 23.0 Å². The van der Waals surface area contributed by atoms with Crippen LogP contribution >= 0.6 is 0 Å². The fourth-order valence-corrected chi connectivity index (χ4v) is 8.53. The zero-order valence-corrected chi connectivity index (χ0v) is 27.8. The Morgan fingerprint density at radius 1 is 1.00 bits per heavy atom. The third kappa shape index (κ3) is 6.69. The number of rotatable bonds is 11. The van der Waals surface area contributed by atoms with Crippen LogP contribution in [0.25, 0.3) is 0 Å². The summed E-state index contributed by atoms with van der Waals surface area (Å²) in [4.78, 5) is 4.16. The highest BCUT2D eigenvalue weighted by molar-refractivity contribution is 5.64. The minimum Gasteiger partial charge on any atom is -0.670 e. The van der Waals surface area contributed by atoms with Crippen LogP contribution in [0, 0.1) is 11.8 Å². The maximum atomic E-state index is 11.5. The van der Waals surface area contributed by atoms with Crippen molar-refractivity contribution in [2.45, 2.75) is 88.1 Å². The standard InChI is InChI=1S/C38H49N2O8/c1-39-11-9-21-3-4-25(19-41)27(13-21)28-15-23(6-8-31(28)43)24-5-7-26-32(44)17-34(48-33(26)16-24)35-29(14-22-10-12-40-18-22)38(47-2)37(46)36(45)30(35)20-42/h4,6,8,10,12,15,18,21,24,26-27,32-34,39,41-46H,3,5,7,9,11,13-14,16-17,19-20H2,1-2H3/q-1. The monoisotopic (exact) mass is 661 g/mol. The molecule has 0 spiro atoms. The van der Waals surface area contributed by atoms with Gasteiger partial charge in [-0.05, 0) is 93.1 Å². The molecule has 1 aliphatic heterocycles. The summed E-state index contributed by atoms with van der Waals surface area (Å²) in [5.74, 6) is -0.0998. The van der Waals surface area contributed by atoms with Crippen LogP contribution in [-0.4, -0.2) is 70.2 Å². The Balaban J connectivity index is 1.29. The molecule has 2 fully saturated rings. The van der Waals surface area contributed by atoms with Crippen molar-refractivity contribution in [1.82, 2.24) is 10.3 Å². The predicted octanol–water partition coefficient (Wildman–Crippen LogP) is 4.65. The number of phenolic OH excluding ortho intramolecular Hbond substituents is 2. The van der Waals surface area contributed by atoms with Crippen LogP contribution in [-0.2, 0) is 17.8 Å². The predicted molar refractivity (Wildman–Crippen MR) is 180 cm³/mol. The van der Waals surface area contributed by atoms with E-state index in [1.807, 2.05) is 19.2 Å². The molecule has 48 heavy (non-hydrogen) atoms. The molecule has 10 nitrogen and oxygen atoms in total. The number of aliphatic hydroxyl groups excluding tert-OH is 3. The van der Waals surface area contributed by atoms with Gasteiger partial charge in [-0.25, -0.2) is 0 Å². The Kier molecular flexibility index (Phi) is 10.7. The molecule has 7 N–H and O–H groups in total. The number of methoxy groups -OCH3 is 1. The summed E-state index contributed by atoms with van der Waals surface area (Å²) in [6.07, 6.45) is 9.60. The van der Waals surface area contributed by atoms with Gasteiger partial charge in [-0.15, -0.1) is 0 Å². The van der Waals surface area contributed by atoms with E-state index in [4.69, 9.17) is 9.47 Å². The average Bonchev–Trinajstić information content (AvgIpc) is 3.62. The normalized spacial score (nSPS) is 27.4. The molecule has 260 valence electrons. The van der Waals surface area contributed by atoms with E-state index in [0.29, 0.717) is 29.9 Å². The van der Waals surface area contributed by atoms with Crippen molar-refractivity contribution < 1.29 is 40.1 Å². The lowest BCUT2D eigenvalue weighted by Gasteiger charge is -2.46. The van der Waals surface area contributed by atoms with Gasteiger partial charge >= 0.3 is 0 Å². The van der Waals surface area contributed by atoms with Gasteiger partial charge in [0.2, 0.25) is 5.75 Å². The molecular formula is C38H49N2O8-. The average molecular weight is 662 g/mol. The number of nitrogens with zero attached hydrogens (tertiary/aromatic N) is 1. The minimum atomic E-state index is -0.666. The molecule has 0 amide bonds. The van der Waals surface area contributed by atoms with Gasteiger partial charge in [-0.2, -0.15) is 12.4 Å². The zero-order valence-electron chi connectivity index (χ0n) is 27.8. The van der Waals surface area contributed by atoms with Gasteiger partial charge in [0.15, 0.2) is 11.5 Å². The molecule has 2 aromatic carbocycles. The lowest BCUT2D eigenvalue weighted by molar-refractivity contribution is -0.154. The molecule has 2 heterocycles. The first kappa shape index (κ1) is 34.3. The maximum absolute atomic E-state index is 11.5. The molecule has 0 bridgehead atoms. The van der Waals surface area contributed by atoms with Gasteiger partial charge in [-0.3, -0.25) is 0 Å². The number of aliphatic hydroxyl groups is 3. The molecule has 0 radical (unpaired) electrons. The second-order valence-corrected chi connectivity index (χ2v) is 13.8. The number of fused-ring (bicyclic) bond motifs is 1. The Morgan fingerprint density at radius 2 is 1.83 bits per heavy atom. The Labute approximate surface area is 282 Å². The zero-order chi connectivity index (χ0) is 33.9. The largest absolute Gasteiger partial charge is 0.670 e. The van der Waals surface area contributed by atoms with E-state index >= 15 is 0 Å². The van der Waals surface area contributed by atoms with Gasteiger partial charge in [0.05, 0.1) is 38.6 Å². The number of benzene rings is 2. The number of hydrogen-bond acceptors (Lipinski definition) is 9. The lowest BCUT2D eigenvalue weighted by Crippen LogP contribution is -2.44. The molecule has 3 aromatic rings. The number of nitrogens with one attached hydrogen (secondary N) is 1. The Hall–Kier alpha value is -3.54. The van der Waals surface area contributed by atoms with E-state index in [2.05, 4.69) is 22.4 Å². The first-order chi connectivity index (χ1) is 23.3. The SMILES string of the molecule is CNCCC1CC=C(CO)C(c2cc(C3CCC4C(O)CC(c5c(CO)c(O)c(O)c(OC)c5Cc5cc[n-]c5)OC4C3)ccc2O)C1. The van der Waals surface area contributed by atoms with Crippen molar-refractivity contribution in [1.29, 1.82) is 0 Å². The first-order valence-electron chi connectivity index (χ1n) is 17.2.